The van der Waals surface area contributed by atoms with Crippen molar-refractivity contribution in [1.82, 2.24) is 0 Å². The second-order valence-corrected chi connectivity index (χ2v) is 20.5. The number of unbranched alkanes of at least 4 members (excludes halogenated alkanes) is 24. The lowest BCUT2D eigenvalue weighted by Crippen LogP contribution is -2.25. The van der Waals surface area contributed by atoms with Crippen LogP contribution in [0.5, 0.6) is 0 Å². The zero-order chi connectivity index (χ0) is 50.2. The topological polar surface area (TPSA) is 225 Å². The molecule has 5 N–H and O–H groups in total. The summed E-state index contributed by atoms with van der Waals surface area (Å²) in [6.07, 6.45) is 45.3. The Labute approximate surface area is 410 Å². The van der Waals surface area contributed by atoms with Crippen molar-refractivity contribution in [2.45, 2.75) is 225 Å². The van der Waals surface area contributed by atoms with Crippen LogP contribution in [0.3, 0.4) is 0 Å². The van der Waals surface area contributed by atoms with E-state index in [1.807, 2.05) is 18.2 Å². The lowest BCUT2D eigenvalue weighted by atomic mass is 10.0. The average Bonchev–Trinajstić information content (AvgIpc) is 3.31. The number of phosphoric acid groups is 2. The van der Waals surface area contributed by atoms with Crippen molar-refractivity contribution in [3.63, 3.8) is 0 Å². The molecule has 398 valence electrons. The average molecular weight is 1010 g/mol. The summed E-state index contributed by atoms with van der Waals surface area (Å²) in [6.45, 7) is 0.293. The van der Waals surface area contributed by atoms with Gasteiger partial charge < -0.3 is 34.6 Å². The number of carbonyl (C=O) groups excluding carboxylic acids is 2. The van der Waals surface area contributed by atoms with Crippen molar-refractivity contribution >= 4 is 27.6 Å². The van der Waals surface area contributed by atoms with Gasteiger partial charge in [0.1, 0.15) is 31.5 Å². The molecule has 0 bridgehead atoms. The maximum absolute atomic E-state index is 12.2. The molecule has 17 heteroatoms. The van der Waals surface area contributed by atoms with Gasteiger partial charge in [0.05, 0.1) is 26.4 Å². The number of rotatable bonds is 50. The van der Waals surface area contributed by atoms with E-state index in [9.17, 15) is 43.8 Å². The van der Waals surface area contributed by atoms with Crippen LogP contribution in [0.4, 0.5) is 0 Å². The summed E-state index contributed by atoms with van der Waals surface area (Å²) in [5.41, 5.74) is 0. The van der Waals surface area contributed by atoms with Crippen molar-refractivity contribution in [2.24, 2.45) is 0 Å². The Kier molecular flexibility index (Phi) is 45.9. The van der Waals surface area contributed by atoms with Gasteiger partial charge in [0.25, 0.3) is 0 Å². The minimum absolute atomic E-state index is 0.182. The Morgan fingerprint density at radius 1 is 0.397 bits per heavy atom. The number of aliphatic hydroxyl groups is 3. The maximum Gasteiger partial charge on any atom is 0.472 e. The maximum atomic E-state index is 12.2. The Hall–Kier alpha value is -2.00. The van der Waals surface area contributed by atoms with Crippen LogP contribution in [0.25, 0.3) is 0 Å². The molecule has 0 radical (unpaired) electrons. The van der Waals surface area contributed by atoms with Crippen LogP contribution in [-0.4, -0.2) is 95.0 Å². The molecule has 68 heavy (non-hydrogen) atoms. The first-order valence-corrected chi connectivity index (χ1v) is 29.0. The molecule has 0 aromatic rings. The zero-order valence-corrected chi connectivity index (χ0v) is 43.8. The summed E-state index contributed by atoms with van der Waals surface area (Å²) in [5.74, 6) is -1.00. The molecule has 5 atom stereocenters. The largest absolute Gasteiger partial charge is 0.472 e. The lowest BCUT2D eigenvalue weighted by molar-refractivity contribution is -0.148. The molecule has 0 aromatic heterocycles. The first-order valence-electron chi connectivity index (χ1n) is 26.0. The molecule has 15 nitrogen and oxygen atoms in total. The first kappa shape index (κ1) is 66.0. The van der Waals surface area contributed by atoms with Gasteiger partial charge in [-0.2, -0.15) is 0 Å². The minimum Gasteiger partial charge on any atom is -0.463 e. The molecule has 0 aliphatic carbocycles. The quantitative estimate of drug-likeness (QED) is 0.0126. The third-order valence-electron chi connectivity index (χ3n) is 10.8. The molecule has 0 heterocycles. The molecule has 0 aromatic carbocycles. The molecular formula is C51H94O15P2. The number of carbonyl (C=O) groups is 2. The molecule has 0 amide bonds. The molecule has 0 aliphatic rings. The Morgan fingerprint density at radius 3 is 1.04 bits per heavy atom. The normalized spacial score (nSPS) is 15.3. The second-order valence-electron chi connectivity index (χ2n) is 17.6. The van der Waals surface area contributed by atoms with E-state index in [2.05, 4.69) is 57.8 Å². The van der Waals surface area contributed by atoms with Crippen LogP contribution in [0.15, 0.2) is 48.6 Å². The fourth-order valence-corrected chi connectivity index (χ4v) is 8.39. The first-order chi connectivity index (χ1) is 32.8. The molecule has 0 aliphatic heterocycles. The third-order valence-corrected chi connectivity index (χ3v) is 12.7. The summed E-state index contributed by atoms with van der Waals surface area (Å²) < 4.78 is 53.1. The van der Waals surface area contributed by atoms with E-state index in [1.165, 1.54) is 96.3 Å². The van der Waals surface area contributed by atoms with Crippen LogP contribution >= 0.6 is 15.6 Å². The van der Waals surface area contributed by atoms with Crippen LogP contribution in [0, 0.1) is 0 Å². The number of esters is 2. The number of allylic oxidation sites excluding steroid dienone is 8. The van der Waals surface area contributed by atoms with Crippen molar-refractivity contribution in [1.29, 1.82) is 0 Å². The van der Waals surface area contributed by atoms with Crippen molar-refractivity contribution in [3.05, 3.63) is 48.6 Å². The van der Waals surface area contributed by atoms with Gasteiger partial charge in [-0.1, -0.05) is 184 Å². The number of aliphatic hydroxyl groups excluding tert-OH is 3. The molecule has 0 fully saturated rings. The fourth-order valence-electron chi connectivity index (χ4n) is 6.80. The fraction of sp³-hybridized carbons (Fsp3) is 0.804. The molecule has 0 saturated heterocycles. The number of phosphoric ester groups is 2. The summed E-state index contributed by atoms with van der Waals surface area (Å²) in [4.78, 5) is 43.8. The highest BCUT2D eigenvalue weighted by molar-refractivity contribution is 7.47. The Morgan fingerprint density at radius 2 is 0.691 bits per heavy atom. The monoisotopic (exact) mass is 1010 g/mol. The molecule has 5 unspecified atom stereocenters. The third kappa shape index (κ3) is 49.0. The van der Waals surface area contributed by atoms with E-state index in [4.69, 9.17) is 14.0 Å². The number of hydrogen-bond acceptors (Lipinski definition) is 13. The summed E-state index contributed by atoms with van der Waals surface area (Å²) in [6, 6.07) is 0. The summed E-state index contributed by atoms with van der Waals surface area (Å²) in [7, 11) is -9.58. The Balaban J connectivity index is 3.84. The molecule has 0 spiro atoms. The van der Waals surface area contributed by atoms with Crippen LogP contribution in [0.2, 0.25) is 0 Å². The predicted molar refractivity (Wildman–Crippen MR) is 270 cm³/mol. The van der Waals surface area contributed by atoms with Crippen molar-refractivity contribution < 1.29 is 71.4 Å². The highest BCUT2D eigenvalue weighted by Crippen LogP contribution is 2.45. The van der Waals surface area contributed by atoms with Crippen molar-refractivity contribution in [2.75, 3.05) is 39.6 Å². The highest BCUT2D eigenvalue weighted by atomic mass is 31.2. The van der Waals surface area contributed by atoms with E-state index >= 15 is 0 Å². The van der Waals surface area contributed by atoms with E-state index in [-0.39, 0.29) is 12.8 Å². The minimum atomic E-state index is -4.79. The molecular weight excluding hydrogens is 914 g/mol. The van der Waals surface area contributed by atoms with Gasteiger partial charge in [-0.05, 0) is 57.8 Å². The molecule has 0 rings (SSSR count). The van der Waals surface area contributed by atoms with Gasteiger partial charge in [-0.25, -0.2) is 9.13 Å². The highest BCUT2D eigenvalue weighted by Gasteiger charge is 2.28. The predicted octanol–water partition coefficient (Wildman–Crippen LogP) is 12.4. The van der Waals surface area contributed by atoms with Gasteiger partial charge in [0, 0.05) is 12.8 Å². The Bertz CT molecular complexity index is 1410. The van der Waals surface area contributed by atoms with Gasteiger partial charge in [-0.3, -0.25) is 27.7 Å². The number of hydrogen-bond donors (Lipinski definition) is 5. The number of ether oxygens (including phenoxy) is 2. The van der Waals surface area contributed by atoms with E-state index in [1.54, 1.807) is 0 Å². The van der Waals surface area contributed by atoms with E-state index in [0.717, 1.165) is 70.6 Å². The summed E-state index contributed by atoms with van der Waals surface area (Å²) >= 11 is 0. The van der Waals surface area contributed by atoms with E-state index in [0.29, 0.717) is 12.8 Å². The smallest absolute Gasteiger partial charge is 0.463 e. The van der Waals surface area contributed by atoms with Crippen molar-refractivity contribution in [3.8, 4) is 0 Å². The van der Waals surface area contributed by atoms with Crippen LogP contribution < -0.4 is 0 Å². The van der Waals surface area contributed by atoms with Crippen LogP contribution in [0.1, 0.15) is 206 Å². The molecule has 0 saturated carbocycles. The second kappa shape index (κ2) is 47.3. The lowest BCUT2D eigenvalue weighted by Gasteiger charge is -2.19. The van der Waals surface area contributed by atoms with Crippen LogP contribution in [-0.2, 0) is 46.3 Å². The van der Waals surface area contributed by atoms with Gasteiger partial charge in [0.2, 0.25) is 0 Å². The SMILES string of the molecule is CC/C=C/C=C/C=C/CCCCCCCCCC(=O)OCC(O)COP(=O)(O)OCC(O)COP(=O)(O)OCC(O)COC(=O)CCCCCCCCCCCCC/C=C/CCCCCCCC. The zero-order valence-electron chi connectivity index (χ0n) is 42.0. The van der Waals surface area contributed by atoms with Gasteiger partial charge >= 0.3 is 27.6 Å². The van der Waals surface area contributed by atoms with E-state index < -0.39 is 85.5 Å². The van der Waals surface area contributed by atoms with Gasteiger partial charge in [0.15, 0.2) is 0 Å². The summed E-state index contributed by atoms with van der Waals surface area (Å²) in [5, 5.41) is 30.1. The van der Waals surface area contributed by atoms with Gasteiger partial charge in [-0.15, -0.1) is 0 Å². The standard InChI is InChI=1S/C51H94O15P2/c1-3-5-7-9-11-13-15-17-19-20-21-22-23-24-26-28-30-32-34-36-38-40-51(56)62-42-48(53)44-64-68(59,60)66-46-49(54)45-65-67(57,58)63-43-47(52)41-61-50(55)39-37-35-33-31-29-27-25-18-16-14-12-10-8-6-4-2/h6,8,10,12,14,16-17,19,47-49,52-54H,3-5,7,9,11,13,15,18,20-46H2,1-2H3,(H,57,58)(H,59,60)/b8-6+,12-10+,16-14+,19-17+.